The lowest BCUT2D eigenvalue weighted by atomic mass is 9.96. The zero-order chi connectivity index (χ0) is 14.5. The van der Waals surface area contributed by atoms with Gasteiger partial charge in [-0.1, -0.05) is 60.7 Å². The van der Waals surface area contributed by atoms with Gasteiger partial charge in [-0.3, -0.25) is 0 Å². The topological polar surface area (TPSA) is 21.3 Å². The van der Waals surface area contributed by atoms with Crippen molar-refractivity contribution in [3.05, 3.63) is 71.8 Å². The summed E-state index contributed by atoms with van der Waals surface area (Å²) in [5.41, 5.74) is 2.63. The van der Waals surface area contributed by atoms with Crippen molar-refractivity contribution in [3.8, 4) is 0 Å². The minimum absolute atomic E-state index is 0.250. The van der Waals surface area contributed by atoms with Gasteiger partial charge in [0.25, 0.3) is 0 Å². The summed E-state index contributed by atoms with van der Waals surface area (Å²) < 4.78 is 5.67. The first-order chi connectivity index (χ1) is 10.3. The largest absolute Gasteiger partial charge is 0.378 e. The Bertz CT molecular complexity index is 501. The van der Waals surface area contributed by atoms with E-state index in [9.17, 15) is 0 Å². The van der Waals surface area contributed by atoms with Gasteiger partial charge in [-0.15, -0.1) is 0 Å². The van der Waals surface area contributed by atoms with E-state index in [1.807, 2.05) is 0 Å². The number of rotatable bonds is 5. The average Bonchev–Trinajstić information content (AvgIpc) is 2.95. The van der Waals surface area contributed by atoms with E-state index in [1.165, 1.54) is 11.1 Å². The highest BCUT2D eigenvalue weighted by molar-refractivity contribution is 5.31. The van der Waals surface area contributed by atoms with Crippen LogP contribution in [0.3, 0.4) is 0 Å². The van der Waals surface area contributed by atoms with E-state index >= 15 is 0 Å². The van der Waals surface area contributed by atoms with Crippen LogP contribution in [0.25, 0.3) is 0 Å². The molecule has 21 heavy (non-hydrogen) atoms. The van der Waals surface area contributed by atoms with Gasteiger partial charge in [0, 0.05) is 13.2 Å². The van der Waals surface area contributed by atoms with Gasteiger partial charge in [0.05, 0.1) is 12.1 Å². The third-order valence-electron chi connectivity index (χ3n) is 4.38. The molecule has 0 saturated carbocycles. The maximum absolute atomic E-state index is 5.67. The van der Waals surface area contributed by atoms with Crippen LogP contribution in [0.2, 0.25) is 0 Å². The SMILES string of the molecule is CC1OCCC1CNC(c1ccccc1)c1ccccc1. The third-order valence-corrected chi connectivity index (χ3v) is 4.38. The summed E-state index contributed by atoms with van der Waals surface area (Å²) in [5.74, 6) is 0.611. The maximum atomic E-state index is 5.67. The zero-order valence-electron chi connectivity index (χ0n) is 12.5. The minimum Gasteiger partial charge on any atom is -0.378 e. The predicted molar refractivity (Wildman–Crippen MR) is 86.3 cm³/mol. The second-order valence-corrected chi connectivity index (χ2v) is 5.79. The highest BCUT2D eigenvalue weighted by Crippen LogP contribution is 2.24. The van der Waals surface area contributed by atoms with Crippen molar-refractivity contribution in [1.82, 2.24) is 5.32 Å². The molecule has 0 bridgehead atoms. The predicted octanol–water partition coefficient (Wildman–Crippen LogP) is 3.79. The van der Waals surface area contributed by atoms with Crippen LogP contribution in [-0.4, -0.2) is 19.3 Å². The van der Waals surface area contributed by atoms with Crippen molar-refractivity contribution in [2.24, 2.45) is 5.92 Å². The Labute approximate surface area is 127 Å². The second-order valence-electron chi connectivity index (χ2n) is 5.79. The fourth-order valence-electron chi connectivity index (χ4n) is 3.03. The average molecular weight is 281 g/mol. The van der Waals surface area contributed by atoms with Crippen LogP contribution in [0.5, 0.6) is 0 Å². The van der Waals surface area contributed by atoms with E-state index in [4.69, 9.17) is 4.74 Å². The summed E-state index contributed by atoms with van der Waals surface area (Å²) in [6.07, 6.45) is 1.52. The molecule has 1 saturated heterocycles. The number of benzene rings is 2. The van der Waals surface area contributed by atoms with Gasteiger partial charge in [-0.25, -0.2) is 0 Å². The molecule has 0 amide bonds. The number of ether oxygens (including phenoxy) is 1. The summed E-state index contributed by atoms with van der Waals surface area (Å²) in [7, 11) is 0. The van der Waals surface area contributed by atoms with Crippen LogP contribution >= 0.6 is 0 Å². The quantitative estimate of drug-likeness (QED) is 0.900. The Kier molecular flexibility index (Phi) is 4.69. The molecule has 0 spiro atoms. The van der Waals surface area contributed by atoms with Crippen LogP contribution in [0.1, 0.15) is 30.5 Å². The summed E-state index contributed by atoms with van der Waals surface area (Å²) in [4.78, 5) is 0. The highest BCUT2D eigenvalue weighted by atomic mass is 16.5. The molecule has 1 N–H and O–H groups in total. The summed E-state index contributed by atoms with van der Waals surface area (Å²) in [5, 5.41) is 3.74. The molecule has 110 valence electrons. The maximum Gasteiger partial charge on any atom is 0.0588 e. The normalized spacial score (nSPS) is 21.8. The Morgan fingerprint density at radius 2 is 1.57 bits per heavy atom. The van der Waals surface area contributed by atoms with E-state index in [0.29, 0.717) is 12.0 Å². The first-order valence-electron chi connectivity index (χ1n) is 7.79. The standard InChI is InChI=1S/C19H23NO/c1-15-18(12-13-21-15)14-20-19(16-8-4-2-5-9-16)17-10-6-3-7-11-17/h2-11,15,18-20H,12-14H2,1H3. The second kappa shape index (κ2) is 6.88. The molecule has 2 atom stereocenters. The molecule has 2 nitrogen and oxygen atoms in total. The van der Waals surface area contributed by atoms with Gasteiger partial charge in [-0.05, 0) is 30.4 Å². The molecule has 1 aliphatic heterocycles. The van der Waals surface area contributed by atoms with E-state index in [2.05, 4.69) is 72.9 Å². The minimum atomic E-state index is 0.250. The van der Waals surface area contributed by atoms with Crippen LogP contribution in [-0.2, 0) is 4.74 Å². The molecule has 1 fully saturated rings. The van der Waals surface area contributed by atoms with Gasteiger partial charge in [0.15, 0.2) is 0 Å². The van der Waals surface area contributed by atoms with Gasteiger partial charge >= 0.3 is 0 Å². The van der Waals surface area contributed by atoms with Crippen molar-refractivity contribution in [2.75, 3.05) is 13.2 Å². The molecule has 0 aromatic heterocycles. The number of nitrogens with one attached hydrogen (secondary N) is 1. The monoisotopic (exact) mass is 281 g/mol. The Hall–Kier alpha value is -1.64. The zero-order valence-corrected chi connectivity index (χ0v) is 12.5. The summed E-state index contributed by atoms with van der Waals surface area (Å²) in [6, 6.07) is 21.6. The molecule has 2 aromatic carbocycles. The molecule has 2 heteroatoms. The van der Waals surface area contributed by atoms with E-state index < -0.39 is 0 Å². The van der Waals surface area contributed by atoms with E-state index in [1.54, 1.807) is 0 Å². The van der Waals surface area contributed by atoms with Gasteiger partial charge in [-0.2, -0.15) is 0 Å². The van der Waals surface area contributed by atoms with E-state index in [-0.39, 0.29) is 6.04 Å². The van der Waals surface area contributed by atoms with Gasteiger partial charge in [0.1, 0.15) is 0 Å². The molecule has 2 unspecified atom stereocenters. The third kappa shape index (κ3) is 3.52. The van der Waals surface area contributed by atoms with Crippen molar-refractivity contribution >= 4 is 0 Å². The fraction of sp³-hybridized carbons (Fsp3) is 0.368. The first kappa shape index (κ1) is 14.3. The van der Waals surface area contributed by atoms with Crippen molar-refractivity contribution < 1.29 is 4.74 Å². The Morgan fingerprint density at radius 1 is 1.00 bits per heavy atom. The molecule has 1 heterocycles. The first-order valence-corrected chi connectivity index (χ1v) is 7.79. The van der Waals surface area contributed by atoms with Crippen molar-refractivity contribution in [2.45, 2.75) is 25.5 Å². The van der Waals surface area contributed by atoms with Gasteiger partial charge < -0.3 is 10.1 Å². The van der Waals surface area contributed by atoms with Crippen LogP contribution < -0.4 is 5.32 Å². The fourth-order valence-corrected chi connectivity index (χ4v) is 3.03. The molecular weight excluding hydrogens is 258 g/mol. The lowest BCUT2D eigenvalue weighted by Gasteiger charge is -2.23. The molecular formula is C19H23NO. The summed E-state index contributed by atoms with van der Waals surface area (Å²) >= 11 is 0. The van der Waals surface area contributed by atoms with Crippen LogP contribution in [0.15, 0.2) is 60.7 Å². The molecule has 0 radical (unpaired) electrons. The van der Waals surface area contributed by atoms with Crippen LogP contribution in [0.4, 0.5) is 0 Å². The smallest absolute Gasteiger partial charge is 0.0588 e. The van der Waals surface area contributed by atoms with Crippen molar-refractivity contribution in [1.29, 1.82) is 0 Å². The van der Waals surface area contributed by atoms with Gasteiger partial charge in [0.2, 0.25) is 0 Å². The van der Waals surface area contributed by atoms with E-state index in [0.717, 1.165) is 19.6 Å². The Balaban J connectivity index is 1.76. The van der Waals surface area contributed by atoms with Crippen molar-refractivity contribution in [3.63, 3.8) is 0 Å². The Morgan fingerprint density at radius 3 is 2.05 bits per heavy atom. The summed E-state index contributed by atoms with van der Waals surface area (Å²) in [6.45, 7) is 4.07. The number of hydrogen-bond acceptors (Lipinski definition) is 2. The molecule has 1 aliphatic rings. The number of hydrogen-bond donors (Lipinski definition) is 1. The lowest BCUT2D eigenvalue weighted by Crippen LogP contribution is -2.31. The molecule has 0 aliphatic carbocycles. The lowest BCUT2D eigenvalue weighted by molar-refractivity contribution is 0.105. The van der Waals surface area contributed by atoms with Crippen LogP contribution in [0, 0.1) is 5.92 Å². The highest BCUT2D eigenvalue weighted by Gasteiger charge is 2.25. The molecule has 3 rings (SSSR count). The molecule has 2 aromatic rings.